The van der Waals surface area contributed by atoms with E-state index in [1.54, 1.807) is 20.8 Å². The molecule has 3 N–H and O–H groups in total. The molecule has 0 radical (unpaired) electrons. The van der Waals surface area contributed by atoms with Crippen LogP contribution >= 0.6 is 0 Å². The summed E-state index contributed by atoms with van der Waals surface area (Å²) in [6.45, 7) is 12.3. The van der Waals surface area contributed by atoms with Crippen LogP contribution in [0.2, 0.25) is 0 Å². The number of unbranched alkanes of at least 4 members (excludes halogenated alkanes) is 1. The van der Waals surface area contributed by atoms with E-state index >= 15 is 0 Å². The van der Waals surface area contributed by atoms with E-state index in [0.717, 1.165) is 18.7 Å². The molecule has 0 bridgehead atoms. The predicted octanol–water partition coefficient (Wildman–Crippen LogP) is 3.62. The number of anilines is 2. The zero-order valence-corrected chi connectivity index (χ0v) is 22.0. The average Bonchev–Trinajstić information content (AvgIpc) is 3.14. The first-order valence-corrected chi connectivity index (χ1v) is 13.3. The summed E-state index contributed by atoms with van der Waals surface area (Å²) in [4.78, 5) is 26.4. The fourth-order valence-electron chi connectivity index (χ4n) is 3.40. The number of hydrogen-bond acceptors (Lipinski definition) is 6. The fraction of sp³-hybridized carbons (Fsp3) is 0.667. The summed E-state index contributed by atoms with van der Waals surface area (Å²) in [7, 11) is -3.36. The maximum absolute atomic E-state index is 12.2. The normalized spacial score (nSPS) is 16.9. The van der Waals surface area contributed by atoms with Crippen molar-refractivity contribution >= 4 is 33.4 Å². The lowest BCUT2D eigenvalue weighted by atomic mass is 10.2. The van der Waals surface area contributed by atoms with Crippen molar-refractivity contribution in [3.05, 3.63) is 24.3 Å². The summed E-state index contributed by atoms with van der Waals surface area (Å²) < 4.78 is 31.1. The Morgan fingerprint density at radius 1 is 1.06 bits per heavy atom. The Morgan fingerprint density at radius 3 is 2.29 bits per heavy atom. The van der Waals surface area contributed by atoms with Gasteiger partial charge in [-0.05, 0) is 85.1 Å². The lowest BCUT2D eigenvalue weighted by Crippen LogP contribution is -2.40. The van der Waals surface area contributed by atoms with Gasteiger partial charge in [-0.25, -0.2) is 17.9 Å². The number of nitrogens with zero attached hydrogens (tertiary/aromatic N) is 1. The van der Waals surface area contributed by atoms with E-state index in [0.29, 0.717) is 38.0 Å². The minimum atomic E-state index is -3.36. The van der Waals surface area contributed by atoms with E-state index < -0.39 is 26.5 Å². The van der Waals surface area contributed by atoms with Crippen LogP contribution in [0.3, 0.4) is 0 Å². The second kappa shape index (κ2) is 11.4. The molecule has 2 rings (SSSR count). The Morgan fingerprint density at radius 2 is 1.71 bits per heavy atom. The van der Waals surface area contributed by atoms with E-state index in [1.807, 2.05) is 45.0 Å². The summed E-state index contributed by atoms with van der Waals surface area (Å²) in [5, 5.41) is 5.80. The molecule has 10 heteroatoms. The number of carbonyl (C=O) groups is 2. The minimum Gasteiger partial charge on any atom is -0.444 e. The Labute approximate surface area is 204 Å². The van der Waals surface area contributed by atoms with Gasteiger partial charge in [-0.1, -0.05) is 0 Å². The zero-order chi connectivity index (χ0) is 25.6. The molecular formula is C24H40N4O5S. The maximum Gasteiger partial charge on any atom is 0.407 e. The lowest BCUT2D eigenvalue weighted by molar-refractivity contribution is -0.116. The van der Waals surface area contributed by atoms with Crippen molar-refractivity contribution in [3.8, 4) is 0 Å². The Hall–Kier alpha value is -2.33. The van der Waals surface area contributed by atoms with Gasteiger partial charge in [-0.2, -0.15) is 0 Å². The van der Waals surface area contributed by atoms with Crippen LogP contribution < -0.4 is 20.3 Å². The van der Waals surface area contributed by atoms with Crippen LogP contribution in [-0.2, 0) is 19.6 Å². The minimum absolute atomic E-state index is 0.0297. The molecule has 1 heterocycles. The molecule has 2 amide bonds. The van der Waals surface area contributed by atoms with Gasteiger partial charge >= 0.3 is 6.09 Å². The molecule has 0 aromatic heterocycles. The average molecular weight is 497 g/mol. The van der Waals surface area contributed by atoms with Crippen molar-refractivity contribution in [2.24, 2.45) is 0 Å². The van der Waals surface area contributed by atoms with Gasteiger partial charge in [0.15, 0.2) is 0 Å². The second-order valence-electron chi connectivity index (χ2n) is 10.6. The summed E-state index contributed by atoms with van der Waals surface area (Å²) in [5.41, 5.74) is 1.22. The molecule has 34 heavy (non-hydrogen) atoms. The molecule has 1 saturated heterocycles. The van der Waals surface area contributed by atoms with Crippen LogP contribution in [0.5, 0.6) is 0 Å². The first kappa shape index (κ1) is 27.9. The highest BCUT2D eigenvalue weighted by molar-refractivity contribution is 7.90. The third kappa shape index (κ3) is 9.13. The number of amides is 2. The van der Waals surface area contributed by atoms with Crippen LogP contribution in [0.15, 0.2) is 24.3 Å². The number of alkyl carbamates (subject to hydrolysis) is 1. The summed E-state index contributed by atoms with van der Waals surface area (Å²) in [5.74, 6) is -0.103. The third-order valence-corrected chi connectivity index (χ3v) is 7.55. The molecule has 1 aliphatic rings. The Balaban J connectivity index is 1.71. The van der Waals surface area contributed by atoms with Gasteiger partial charge in [-0.15, -0.1) is 0 Å². The topological polar surface area (TPSA) is 117 Å². The number of sulfonamides is 1. The van der Waals surface area contributed by atoms with E-state index in [2.05, 4.69) is 20.3 Å². The van der Waals surface area contributed by atoms with Crippen LogP contribution in [0, 0.1) is 0 Å². The van der Waals surface area contributed by atoms with Crippen molar-refractivity contribution in [1.82, 2.24) is 10.0 Å². The molecule has 9 nitrogen and oxygen atoms in total. The predicted molar refractivity (Wildman–Crippen MR) is 136 cm³/mol. The molecule has 0 saturated carbocycles. The van der Waals surface area contributed by atoms with E-state index in [-0.39, 0.29) is 11.9 Å². The standard InChI is InChI=1S/C24H40N4O5S/c1-23(2,3)33-22(30)27-19-14-16-28(17-19)20-12-10-18(11-13-20)26-21(29)9-7-8-15-25-34(31,32)24(4,5)6/h10-13,19,25H,7-9,14-17H2,1-6H3,(H,26,29)(H,27,30). The van der Waals surface area contributed by atoms with Crippen molar-refractivity contribution in [1.29, 1.82) is 0 Å². The number of benzene rings is 1. The summed E-state index contributed by atoms with van der Waals surface area (Å²) >= 11 is 0. The zero-order valence-electron chi connectivity index (χ0n) is 21.2. The Kier molecular flexibility index (Phi) is 9.36. The quantitative estimate of drug-likeness (QED) is 0.450. The highest BCUT2D eigenvalue weighted by atomic mass is 32.2. The number of rotatable bonds is 9. The number of hydrogen-bond donors (Lipinski definition) is 3. The molecule has 1 aromatic carbocycles. The van der Waals surface area contributed by atoms with Crippen molar-refractivity contribution in [3.63, 3.8) is 0 Å². The van der Waals surface area contributed by atoms with Gasteiger partial charge in [0.05, 0.1) is 10.8 Å². The highest BCUT2D eigenvalue weighted by Crippen LogP contribution is 2.23. The van der Waals surface area contributed by atoms with Crippen molar-refractivity contribution in [2.75, 3.05) is 29.9 Å². The molecule has 1 fully saturated rings. The third-order valence-electron chi connectivity index (χ3n) is 5.35. The molecule has 1 aromatic rings. The summed E-state index contributed by atoms with van der Waals surface area (Å²) in [6.07, 6.45) is 1.95. The van der Waals surface area contributed by atoms with E-state index in [1.165, 1.54) is 0 Å². The van der Waals surface area contributed by atoms with Gasteiger partial charge in [0.25, 0.3) is 0 Å². The van der Waals surface area contributed by atoms with Crippen LogP contribution in [0.25, 0.3) is 0 Å². The first-order chi connectivity index (χ1) is 15.7. The molecule has 1 unspecified atom stereocenters. The van der Waals surface area contributed by atoms with Crippen LogP contribution in [0.1, 0.15) is 67.2 Å². The van der Waals surface area contributed by atoms with Gasteiger partial charge in [0.2, 0.25) is 15.9 Å². The molecule has 0 aliphatic carbocycles. The molecule has 1 atom stereocenters. The molecule has 0 spiro atoms. The molecule has 1 aliphatic heterocycles. The Bertz CT molecular complexity index is 934. The SMILES string of the molecule is CC(C)(C)OC(=O)NC1CCN(c2ccc(NC(=O)CCCCNS(=O)(=O)C(C)(C)C)cc2)C1. The van der Waals surface area contributed by atoms with Gasteiger partial charge in [0, 0.05) is 37.4 Å². The van der Waals surface area contributed by atoms with Crippen LogP contribution in [0.4, 0.5) is 16.2 Å². The van der Waals surface area contributed by atoms with E-state index in [4.69, 9.17) is 4.74 Å². The summed E-state index contributed by atoms with van der Waals surface area (Å²) in [6, 6.07) is 7.65. The van der Waals surface area contributed by atoms with Gasteiger partial charge < -0.3 is 20.3 Å². The largest absolute Gasteiger partial charge is 0.444 e. The highest BCUT2D eigenvalue weighted by Gasteiger charge is 2.28. The monoisotopic (exact) mass is 496 g/mol. The molecular weight excluding hydrogens is 456 g/mol. The number of nitrogens with one attached hydrogen (secondary N) is 3. The van der Waals surface area contributed by atoms with Crippen LogP contribution in [-0.4, -0.2) is 56.4 Å². The fourth-order valence-corrected chi connectivity index (χ4v) is 4.25. The number of carbonyl (C=O) groups excluding carboxylic acids is 2. The van der Waals surface area contributed by atoms with Crippen molar-refractivity contribution in [2.45, 2.75) is 83.6 Å². The lowest BCUT2D eigenvalue weighted by Gasteiger charge is -2.22. The second-order valence-corrected chi connectivity index (χ2v) is 13.2. The number of ether oxygens (including phenoxy) is 1. The van der Waals surface area contributed by atoms with E-state index in [9.17, 15) is 18.0 Å². The van der Waals surface area contributed by atoms with Gasteiger partial charge in [-0.3, -0.25) is 4.79 Å². The van der Waals surface area contributed by atoms with Gasteiger partial charge in [0.1, 0.15) is 5.60 Å². The smallest absolute Gasteiger partial charge is 0.407 e. The van der Waals surface area contributed by atoms with Crippen molar-refractivity contribution < 1.29 is 22.7 Å². The first-order valence-electron chi connectivity index (χ1n) is 11.8. The maximum atomic E-state index is 12.2. The molecule has 192 valence electrons.